The van der Waals surface area contributed by atoms with Gasteiger partial charge in [0.1, 0.15) is 11.6 Å². The number of carbonyl (C=O) groups excluding carboxylic acids is 2. The molecule has 6 aromatic rings. The molecule has 2 aliphatic carbocycles. The first kappa shape index (κ1) is 43.9. The Bertz CT molecular complexity index is 2760. The smallest absolute Gasteiger partial charge is 0.378 e. The Balaban J connectivity index is 0.000000164. The molecule has 2 aliphatic heterocycles. The molecular formula is C48H43F7N6O4. The van der Waals surface area contributed by atoms with Gasteiger partial charge in [-0.25, -0.2) is 14.4 Å². The van der Waals surface area contributed by atoms with Crippen LogP contribution in [0.5, 0.6) is 0 Å². The third-order valence-corrected chi connectivity index (χ3v) is 12.0. The van der Waals surface area contributed by atoms with Crippen molar-refractivity contribution in [2.45, 2.75) is 49.9 Å². The number of benzene rings is 4. The van der Waals surface area contributed by atoms with Gasteiger partial charge >= 0.3 is 12.4 Å². The minimum atomic E-state index is -4.81. The second-order valence-electron chi connectivity index (χ2n) is 16.4. The number of alkyl halides is 6. The van der Waals surface area contributed by atoms with Crippen LogP contribution in [0, 0.1) is 5.82 Å². The van der Waals surface area contributed by atoms with E-state index >= 15 is 0 Å². The highest BCUT2D eigenvalue weighted by Crippen LogP contribution is 2.47. The highest BCUT2D eigenvalue weighted by molar-refractivity contribution is 6.12. The summed E-state index contributed by atoms with van der Waals surface area (Å²) in [6, 6.07) is 19.4. The van der Waals surface area contributed by atoms with Crippen molar-refractivity contribution in [3.63, 3.8) is 0 Å². The second-order valence-corrected chi connectivity index (χ2v) is 16.4. The van der Waals surface area contributed by atoms with Crippen LogP contribution in [0.25, 0.3) is 21.5 Å². The minimum absolute atomic E-state index is 0.0930. The van der Waals surface area contributed by atoms with Gasteiger partial charge in [0.2, 0.25) is 0 Å². The van der Waals surface area contributed by atoms with E-state index in [1.807, 2.05) is 30.3 Å². The molecule has 10 nitrogen and oxygen atoms in total. The zero-order valence-corrected chi connectivity index (χ0v) is 34.9. The number of carbonyl (C=O) groups is 2. The Labute approximate surface area is 368 Å². The maximum absolute atomic E-state index is 14.6. The average molecular weight is 901 g/mol. The number of fused-ring (bicyclic) bond motifs is 2. The summed E-state index contributed by atoms with van der Waals surface area (Å²) < 4.78 is 104. The van der Waals surface area contributed by atoms with E-state index in [0.29, 0.717) is 98.2 Å². The van der Waals surface area contributed by atoms with Crippen molar-refractivity contribution >= 4 is 56.4 Å². The van der Waals surface area contributed by atoms with Crippen molar-refractivity contribution in [2.75, 3.05) is 63.2 Å². The van der Waals surface area contributed by atoms with Gasteiger partial charge in [-0.2, -0.15) is 26.3 Å². The number of nitrogens with one attached hydrogen (secondary N) is 2. The van der Waals surface area contributed by atoms with E-state index in [-0.39, 0.29) is 29.0 Å². The number of aromatic nitrogens is 2. The lowest BCUT2D eigenvalue weighted by Crippen LogP contribution is -2.40. The van der Waals surface area contributed by atoms with E-state index in [9.17, 15) is 40.3 Å². The zero-order chi connectivity index (χ0) is 45.5. The van der Waals surface area contributed by atoms with Crippen molar-refractivity contribution in [3.8, 4) is 0 Å². The lowest BCUT2D eigenvalue weighted by atomic mass is 9.97. The predicted molar refractivity (Wildman–Crippen MR) is 230 cm³/mol. The van der Waals surface area contributed by atoms with Crippen molar-refractivity contribution in [2.24, 2.45) is 0 Å². The Kier molecular flexibility index (Phi) is 12.1. The molecule has 2 N–H and O–H groups in total. The number of rotatable bonds is 8. The van der Waals surface area contributed by atoms with Gasteiger partial charge in [-0.05, 0) is 79.0 Å². The molecule has 65 heavy (non-hydrogen) atoms. The summed E-state index contributed by atoms with van der Waals surface area (Å²) in [7, 11) is 0. The van der Waals surface area contributed by atoms with Crippen LogP contribution in [-0.2, 0) is 21.8 Å². The van der Waals surface area contributed by atoms with E-state index in [2.05, 4.69) is 20.6 Å². The number of anilines is 4. The van der Waals surface area contributed by atoms with Gasteiger partial charge in [0.15, 0.2) is 5.82 Å². The standard InChI is InChI=1S/C24H21F4N3O2.C24H22F3N3O2/c25-21-18(24(26,27)28)5-2-6-19(21)30-22-16-4-1-3-15(14-7-8-14)20(16)17(13-29-22)23(32)31-9-11-33-12-10-31;25-24(26,27)16-3-1-4-17(13-16)29-22-19-6-2-5-18(15-7-8-15)21(19)20(14-28-22)23(31)30-9-11-32-12-10-30/h1-6,13-14H,7-12H2,(H,29,30);1-6,13-15H,7-12H2,(H,28,29). The number of hydrogen-bond acceptors (Lipinski definition) is 8. The topological polar surface area (TPSA) is 109 Å². The Morgan fingerprint density at radius 2 is 1.08 bits per heavy atom. The number of amides is 2. The Hall–Kier alpha value is -6.33. The van der Waals surface area contributed by atoms with Crippen molar-refractivity contribution in [1.82, 2.24) is 19.8 Å². The fraction of sp³-hybridized carbons (Fsp3) is 0.333. The maximum atomic E-state index is 14.6. The summed E-state index contributed by atoms with van der Waals surface area (Å²) in [6.07, 6.45) is -2.16. The first-order valence-corrected chi connectivity index (χ1v) is 21.4. The predicted octanol–water partition coefficient (Wildman–Crippen LogP) is 10.8. The third-order valence-electron chi connectivity index (χ3n) is 12.0. The zero-order valence-electron chi connectivity index (χ0n) is 34.9. The van der Waals surface area contributed by atoms with Crippen molar-refractivity contribution < 1.29 is 49.8 Å². The van der Waals surface area contributed by atoms with Crippen molar-refractivity contribution in [1.29, 1.82) is 0 Å². The number of halogens is 7. The largest absolute Gasteiger partial charge is 0.419 e. The van der Waals surface area contributed by atoms with Crippen LogP contribution < -0.4 is 10.6 Å². The van der Waals surface area contributed by atoms with Crippen LogP contribution in [0.3, 0.4) is 0 Å². The first-order valence-electron chi connectivity index (χ1n) is 21.4. The summed E-state index contributed by atoms with van der Waals surface area (Å²) in [4.78, 5) is 38.9. The van der Waals surface area contributed by atoms with Crippen LogP contribution in [0.15, 0.2) is 91.3 Å². The molecule has 4 aromatic carbocycles. The van der Waals surface area contributed by atoms with E-state index in [0.717, 1.165) is 65.8 Å². The van der Waals surface area contributed by atoms with E-state index in [1.54, 1.807) is 28.1 Å². The van der Waals surface area contributed by atoms with Crippen LogP contribution in [0.2, 0.25) is 0 Å². The average Bonchev–Trinajstić information content (AvgIpc) is 4.25. The normalized spacial score (nSPS) is 16.8. The number of nitrogens with zero attached hydrogens (tertiary/aromatic N) is 4. The highest BCUT2D eigenvalue weighted by atomic mass is 19.4. The molecule has 0 bridgehead atoms. The maximum Gasteiger partial charge on any atom is 0.419 e. The molecule has 2 saturated heterocycles. The van der Waals surface area contributed by atoms with Gasteiger partial charge in [0.25, 0.3) is 11.8 Å². The summed E-state index contributed by atoms with van der Waals surface area (Å²) in [6.45, 7) is 3.92. The highest BCUT2D eigenvalue weighted by Gasteiger charge is 2.36. The van der Waals surface area contributed by atoms with Gasteiger partial charge in [-0.15, -0.1) is 0 Å². The minimum Gasteiger partial charge on any atom is -0.378 e. The van der Waals surface area contributed by atoms with Gasteiger partial charge in [0.05, 0.1) is 54.4 Å². The molecule has 4 heterocycles. The molecular weight excluding hydrogens is 858 g/mol. The monoisotopic (exact) mass is 900 g/mol. The number of hydrogen-bond donors (Lipinski definition) is 2. The SMILES string of the molecule is O=C(c1cnc(Nc2cccc(C(F)(F)F)c2)c2cccc(C3CC3)c12)N1CCOCC1.O=C(c1cnc(Nc2cccc(C(F)(F)F)c2F)c2cccc(C3CC3)c12)N1CCOCC1. The molecule has 0 atom stereocenters. The summed E-state index contributed by atoms with van der Waals surface area (Å²) in [5.74, 6) is -0.328. The molecule has 338 valence electrons. The molecule has 4 aliphatic rings. The molecule has 0 radical (unpaired) electrons. The Morgan fingerprint density at radius 3 is 1.55 bits per heavy atom. The molecule has 17 heteroatoms. The van der Waals surface area contributed by atoms with Gasteiger partial charge in [0, 0.05) is 65.8 Å². The fourth-order valence-corrected chi connectivity index (χ4v) is 8.41. The van der Waals surface area contributed by atoms with E-state index < -0.39 is 29.3 Å². The van der Waals surface area contributed by atoms with Gasteiger partial charge in [-0.3, -0.25) is 9.59 Å². The summed E-state index contributed by atoms with van der Waals surface area (Å²) >= 11 is 0. The lowest BCUT2D eigenvalue weighted by molar-refractivity contribution is -0.140. The third kappa shape index (κ3) is 9.43. The quantitative estimate of drug-likeness (QED) is 0.145. The Morgan fingerprint density at radius 1 is 0.600 bits per heavy atom. The number of morpholine rings is 2. The van der Waals surface area contributed by atoms with Crippen molar-refractivity contribution in [3.05, 3.63) is 130 Å². The fourth-order valence-electron chi connectivity index (χ4n) is 8.41. The van der Waals surface area contributed by atoms with Gasteiger partial charge in [-0.1, -0.05) is 48.5 Å². The van der Waals surface area contributed by atoms with E-state index in [1.165, 1.54) is 18.3 Å². The molecule has 2 saturated carbocycles. The molecule has 4 fully saturated rings. The molecule has 0 unspecified atom stereocenters. The van der Waals surface area contributed by atoms with Crippen LogP contribution in [-0.4, -0.2) is 84.2 Å². The summed E-state index contributed by atoms with van der Waals surface area (Å²) in [5.41, 5.74) is 0.927. The molecule has 2 aromatic heterocycles. The molecule has 0 spiro atoms. The van der Waals surface area contributed by atoms with Gasteiger partial charge < -0.3 is 29.9 Å². The second kappa shape index (κ2) is 17.9. The number of pyridine rings is 2. The van der Waals surface area contributed by atoms with Crippen LogP contribution >= 0.6 is 0 Å². The van der Waals surface area contributed by atoms with E-state index in [4.69, 9.17) is 9.47 Å². The molecule has 2 amide bonds. The van der Waals surface area contributed by atoms with Crippen LogP contribution in [0.1, 0.15) is 80.5 Å². The number of ether oxygens (including phenoxy) is 2. The lowest BCUT2D eigenvalue weighted by Gasteiger charge is -2.27. The first-order chi connectivity index (χ1) is 31.3. The van der Waals surface area contributed by atoms with Crippen LogP contribution in [0.4, 0.5) is 53.7 Å². The summed E-state index contributed by atoms with van der Waals surface area (Å²) in [5, 5.41) is 8.60. The molecule has 10 rings (SSSR count).